The van der Waals surface area contributed by atoms with Crippen LogP contribution in [-0.4, -0.2) is 11.9 Å². The smallest absolute Gasteiger partial charge is 0.163 e. The Bertz CT molecular complexity index is 340. The average molecular weight is 192 g/mol. The molecule has 1 aromatic rings. The van der Waals surface area contributed by atoms with Crippen LogP contribution in [0.1, 0.15) is 36.7 Å². The maximum Gasteiger partial charge on any atom is 0.163 e. The van der Waals surface area contributed by atoms with E-state index in [0.29, 0.717) is 11.3 Å². The number of carbonyl (C=O) groups is 1. The molecule has 1 aromatic carbocycles. The minimum Gasteiger partial charge on any atom is -0.490 e. The Kier molecular flexibility index (Phi) is 3.28. The Morgan fingerprint density at radius 2 is 2.00 bits per heavy atom. The van der Waals surface area contributed by atoms with Crippen LogP contribution in [0.4, 0.5) is 0 Å². The van der Waals surface area contributed by atoms with Crippen molar-refractivity contribution in [3.05, 3.63) is 29.3 Å². The van der Waals surface area contributed by atoms with Gasteiger partial charge in [-0.25, -0.2) is 0 Å². The van der Waals surface area contributed by atoms with Crippen LogP contribution in [0.25, 0.3) is 0 Å². The van der Waals surface area contributed by atoms with E-state index in [9.17, 15) is 4.79 Å². The Labute approximate surface area is 84.9 Å². The van der Waals surface area contributed by atoms with E-state index in [-0.39, 0.29) is 11.9 Å². The summed E-state index contributed by atoms with van der Waals surface area (Å²) in [7, 11) is 0. The van der Waals surface area contributed by atoms with E-state index in [4.69, 9.17) is 4.74 Å². The van der Waals surface area contributed by atoms with E-state index in [2.05, 4.69) is 0 Å². The van der Waals surface area contributed by atoms with Gasteiger partial charge in [-0.15, -0.1) is 0 Å². The van der Waals surface area contributed by atoms with Crippen LogP contribution in [0.3, 0.4) is 0 Å². The van der Waals surface area contributed by atoms with Gasteiger partial charge in [-0.05, 0) is 39.8 Å². The lowest BCUT2D eigenvalue weighted by Crippen LogP contribution is -2.09. The standard InChI is InChI=1S/C12H16O2/c1-8(2)14-12-6-5-9(3)7-11(12)10(4)13/h5-8H,1-4H3. The highest BCUT2D eigenvalue weighted by molar-refractivity contribution is 5.97. The minimum atomic E-state index is 0.0457. The van der Waals surface area contributed by atoms with E-state index in [0.717, 1.165) is 5.56 Å². The molecule has 0 radical (unpaired) electrons. The molecule has 0 atom stereocenters. The Morgan fingerprint density at radius 3 is 2.50 bits per heavy atom. The van der Waals surface area contributed by atoms with Crippen molar-refractivity contribution in [2.45, 2.75) is 33.8 Å². The van der Waals surface area contributed by atoms with E-state index >= 15 is 0 Å². The molecule has 0 bridgehead atoms. The van der Waals surface area contributed by atoms with Crippen LogP contribution < -0.4 is 4.74 Å². The number of aryl methyl sites for hydroxylation is 1. The van der Waals surface area contributed by atoms with E-state index in [1.54, 1.807) is 6.92 Å². The highest BCUT2D eigenvalue weighted by atomic mass is 16.5. The SMILES string of the molecule is CC(=O)c1cc(C)ccc1OC(C)C. The second-order valence-electron chi connectivity index (χ2n) is 3.72. The van der Waals surface area contributed by atoms with Crippen molar-refractivity contribution < 1.29 is 9.53 Å². The van der Waals surface area contributed by atoms with Crippen LogP contribution in [0, 0.1) is 6.92 Å². The number of ether oxygens (including phenoxy) is 1. The molecule has 0 fully saturated rings. The molecule has 76 valence electrons. The van der Waals surface area contributed by atoms with Crippen LogP contribution in [0.2, 0.25) is 0 Å². The highest BCUT2D eigenvalue weighted by Crippen LogP contribution is 2.21. The van der Waals surface area contributed by atoms with Gasteiger partial charge in [-0.1, -0.05) is 11.6 Å². The minimum absolute atomic E-state index is 0.0457. The van der Waals surface area contributed by atoms with Crippen molar-refractivity contribution in [2.24, 2.45) is 0 Å². The molecule has 0 unspecified atom stereocenters. The van der Waals surface area contributed by atoms with Gasteiger partial charge in [-0.3, -0.25) is 4.79 Å². The topological polar surface area (TPSA) is 26.3 Å². The zero-order valence-corrected chi connectivity index (χ0v) is 9.13. The van der Waals surface area contributed by atoms with E-state index in [1.165, 1.54) is 0 Å². The Morgan fingerprint density at radius 1 is 1.36 bits per heavy atom. The number of rotatable bonds is 3. The van der Waals surface area contributed by atoms with Crippen LogP contribution in [0.15, 0.2) is 18.2 Å². The largest absolute Gasteiger partial charge is 0.490 e. The molecule has 0 amide bonds. The number of benzene rings is 1. The first-order valence-electron chi connectivity index (χ1n) is 4.79. The molecule has 2 nitrogen and oxygen atoms in total. The number of carbonyl (C=O) groups excluding carboxylic acids is 1. The van der Waals surface area contributed by atoms with Crippen LogP contribution in [-0.2, 0) is 0 Å². The van der Waals surface area contributed by atoms with Gasteiger partial charge < -0.3 is 4.74 Å². The molecule has 2 heteroatoms. The normalized spacial score (nSPS) is 10.4. The van der Waals surface area contributed by atoms with Gasteiger partial charge in [0.2, 0.25) is 0 Å². The van der Waals surface area contributed by atoms with Gasteiger partial charge in [-0.2, -0.15) is 0 Å². The lowest BCUT2D eigenvalue weighted by atomic mass is 10.1. The summed E-state index contributed by atoms with van der Waals surface area (Å²) in [5.41, 5.74) is 1.74. The third-order valence-electron chi connectivity index (χ3n) is 1.88. The predicted octanol–water partition coefficient (Wildman–Crippen LogP) is 2.98. The lowest BCUT2D eigenvalue weighted by molar-refractivity contribution is 0.101. The average Bonchev–Trinajstić information content (AvgIpc) is 2.07. The number of hydrogen-bond acceptors (Lipinski definition) is 2. The zero-order chi connectivity index (χ0) is 10.7. The molecule has 0 aliphatic rings. The molecule has 0 aliphatic heterocycles. The highest BCUT2D eigenvalue weighted by Gasteiger charge is 2.09. The monoisotopic (exact) mass is 192 g/mol. The van der Waals surface area contributed by atoms with Gasteiger partial charge in [0.1, 0.15) is 5.75 Å². The zero-order valence-electron chi connectivity index (χ0n) is 9.13. The molecule has 0 saturated heterocycles. The third-order valence-corrected chi connectivity index (χ3v) is 1.88. The maximum atomic E-state index is 11.3. The number of Topliss-reactive ketones (excluding diaryl/α,β-unsaturated/α-hetero) is 1. The van der Waals surface area contributed by atoms with Crippen molar-refractivity contribution in [3.8, 4) is 5.75 Å². The van der Waals surface area contributed by atoms with Crippen LogP contribution in [0.5, 0.6) is 5.75 Å². The van der Waals surface area contributed by atoms with Crippen molar-refractivity contribution in [2.75, 3.05) is 0 Å². The number of ketones is 1. The van der Waals surface area contributed by atoms with Gasteiger partial charge in [0, 0.05) is 0 Å². The summed E-state index contributed by atoms with van der Waals surface area (Å²) < 4.78 is 5.54. The van der Waals surface area contributed by atoms with Gasteiger partial charge in [0.15, 0.2) is 5.78 Å². The molecular weight excluding hydrogens is 176 g/mol. The first-order valence-corrected chi connectivity index (χ1v) is 4.79. The van der Waals surface area contributed by atoms with Crippen molar-refractivity contribution in [3.63, 3.8) is 0 Å². The fourth-order valence-electron chi connectivity index (χ4n) is 1.28. The summed E-state index contributed by atoms with van der Waals surface area (Å²) in [6.07, 6.45) is 0.0933. The summed E-state index contributed by atoms with van der Waals surface area (Å²) in [6.45, 7) is 7.42. The first-order chi connectivity index (χ1) is 6.50. The first kappa shape index (κ1) is 10.8. The summed E-state index contributed by atoms with van der Waals surface area (Å²) >= 11 is 0. The predicted molar refractivity (Wildman–Crippen MR) is 56.9 cm³/mol. The molecule has 0 aliphatic carbocycles. The number of hydrogen-bond donors (Lipinski definition) is 0. The Hall–Kier alpha value is -1.31. The second kappa shape index (κ2) is 4.27. The molecule has 0 aromatic heterocycles. The second-order valence-corrected chi connectivity index (χ2v) is 3.72. The quantitative estimate of drug-likeness (QED) is 0.688. The Balaban J connectivity index is 3.08. The third kappa shape index (κ3) is 2.59. The summed E-state index contributed by atoms with van der Waals surface area (Å²) in [4.78, 5) is 11.3. The maximum absolute atomic E-state index is 11.3. The van der Waals surface area contributed by atoms with Gasteiger partial charge in [0.05, 0.1) is 11.7 Å². The molecule has 0 saturated carbocycles. The fourth-order valence-corrected chi connectivity index (χ4v) is 1.28. The molecule has 14 heavy (non-hydrogen) atoms. The lowest BCUT2D eigenvalue weighted by Gasteiger charge is -2.13. The van der Waals surface area contributed by atoms with Gasteiger partial charge in [0.25, 0.3) is 0 Å². The summed E-state index contributed by atoms with van der Waals surface area (Å²) in [5, 5.41) is 0. The summed E-state index contributed by atoms with van der Waals surface area (Å²) in [6, 6.07) is 5.66. The molecular formula is C12H16O2. The summed E-state index contributed by atoms with van der Waals surface area (Å²) in [5.74, 6) is 0.724. The fraction of sp³-hybridized carbons (Fsp3) is 0.417. The van der Waals surface area contributed by atoms with E-state index in [1.807, 2.05) is 39.0 Å². The van der Waals surface area contributed by atoms with Crippen molar-refractivity contribution >= 4 is 5.78 Å². The van der Waals surface area contributed by atoms with Crippen LogP contribution >= 0.6 is 0 Å². The van der Waals surface area contributed by atoms with Gasteiger partial charge >= 0.3 is 0 Å². The molecule has 0 spiro atoms. The van der Waals surface area contributed by atoms with Crippen molar-refractivity contribution in [1.29, 1.82) is 0 Å². The molecule has 1 rings (SSSR count). The molecule has 0 heterocycles. The van der Waals surface area contributed by atoms with E-state index < -0.39 is 0 Å². The van der Waals surface area contributed by atoms with Crippen molar-refractivity contribution in [1.82, 2.24) is 0 Å². The molecule has 0 N–H and O–H groups in total.